The molecule has 0 fully saturated rings. The topological polar surface area (TPSA) is 56.3 Å². The van der Waals surface area contributed by atoms with Gasteiger partial charge < -0.3 is 4.74 Å². The van der Waals surface area contributed by atoms with Gasteiger partial charge in [0.25, 0.3) is 9.05 Å². The van der Waals surface area contributed by atoms with Gasteiger partial charge in [-0.25, -0.2) is 8.42 Å². The van der Waals surface area contributed by atoms with Gasteiger partial charge in [0.2, 0.25) is 0 Å². The highest BCUT2D eigenvalue weighted by Gasteiger charge is 2.09. The van der Waals surface area contributed by atoms with E-state index in [0.29, 0.717) is 11.5 Å². The van der Waals surface area contributed by atoms with Crippen LogP contribution >= 0.6 is 10.7 Å². The monoisotopic (exact) mass is 345 g/mol. The van der Waals surface area contributed by atoms with Crippen LogP contribution in [-0.2, 0) is 9.05 Å². The number of ether oxygens (including phenoxy) is 1. The number of rotatable bonds is 4. The Kier molecular flexibility index (Phi) is 4.32. The first-order valence-electron chi connectivity index (χ1n) is 6.75. The summed E-state index contributed by atoms with van der Waals surface area (Å²) in [6, 6.07) is 17.3. The summed E-state index contributed by atoms with van der Waals surface area (Å²) in [6.07, 6.45) is 3.52. The molecular weight excluding hydrogens is 334 g/mol. The second kappa shape index (κ2) is 6.40. The van der Waals surface area contributed by atoms with Crippen LogP contribution in [0.25, 0.3) is 11.1 Å². The maximum Gasteiger partial charge on any atom is 0.261 e. The number of benzene rings is 2. The van der Waals surface area contributed by atoms with Gasteiger partial charge in [-0.1, -0.05) is 18.2 Å². The van der Waals surface area contributed by atoms with Gasteiger partial charge in [0.1, 0.15) is 11.5 Å². The summed E-state index contributed by atoms with van der Waals surface area (Å²) < 4.78 is 28.1. The van der Waals surface area contributed by atoms with Gasteiger partial charge in [-0.2, -0.15) is 0 Å². The Balaban J connectivity index is 1.76. The molecular formula is C17H12ClNO3S. The molecule has 0 bridgehead atoms. The molecule has 0 aliphatic rings. The molecule has 23 heavy (non-hydrogen) atoms. The third-order valence-corrected chi connectivity index (χ3v) is 4.56. The van der Waals surface area contributed by atoms with E-state index in [0.717, 1.165) is 11.1 Å². The quantitative estimate of drug-likeness (QED) is 0.655. The summed E-state index contributed by atoms with van der Waals surface area (Å²) in [5, 5.41) is 0. The van der Waals surface area contributed by atoms with Crippen molar-refractivity contribution in [3.63, 3.8) is 0 Å². The minimum atomic E-state index is -3.72. The van der Waals surface area contributed by atoms with Crippen LogP contribution < -0.4 is 4.74 Å². The van der Waals surface area contributed by atoms with Crippen molar-refractivity contribution >= 4 is 19.7 Å². The van der Waals surface area contributed by atoms with E-state index in [-0.39, 0.29) is 4.90 Å². The summed E-state index contributed by atoms with van der Waals surface area (Å²) in [6.45, 7) is 0. The summed E-state index contributed by atoms with van der Waals surface area (Å²) in [4.78, 5) is 4.13. The largest absolute Gasteiger partial charge is 0.457 e. The van der Waals surface area contributed by atoms with E-state index in [1.807, 2.05) is 36.4 Å². The first kappa shape index (κ1) is 15.5. The van der Waals surface area contributed by atoms with Crippen molar-refractivity contribution in [2.75, 3.05) is 0 Å². The average molecular weight is 346 g/mol. The van der Waals surface area contributed by atoms with Gasteiger partial charge in [-0.3, -0.25) is 4.98 Å². The first-order valence-corrected chi connectivity index (χ1v) is 9.06. The summed E-state index contributed by atoms with van der Waals surface area (Å²) in [5.74, 6) is 1.18. The van der Waals surface area contributed by atoms with Crippen molar-refractivity contribution in [1.29, 1.82) is 0 Å². The average Bonchev–Trinajstić information content (AvgIpc) is 2.56. The third-order valence-electron chi connectivity index (χ3n) is 3.19. The predicted molar refractivity (Wildman–Crippen MR) is 89.2 cm³/mol. The summed E-state index contributed by atoms with van der Waals surface area (Å²) in [5.41, 5.74) is 2.06. The first-order chi connectivity index (χ1) is 11.0. The number of halogens is 1. The number of hydrogen-bond acceptors (Lipinski definition) is 4. The highest BCUT2D eigenvalue weighted by molar-refractivity contribution is 8.13. The molecule has 116 valence electrons. The second-order valence-corrected chi connectivity index (χ2v) is 7.34. The van der Waals surface area contributed by atoms with Crippen molar-refractivity contribution < 1.29 is 13.2 Å². The molecule has 1 aromatic heterocycles. The van der Waals surface area contributed by atoms with E-state index in [9.17, 15) is 8.42 Å². The highest BCUT2D eigenvalue weighted by atomic mass is 35.7. The predicted octanol–water partition coefficient (Wildman–Crippen LogP) is 4.47. The molecule has 0 aliphatic carbocycles. The summed E-state index contributed by atoms with van der Waals surface area (Å²) in [7, 11) is 1.56. The Morgan fingerprint density at radius 2 is 1.43 bits per heavy atom. The van der Waals surface area contributed by atoms with Crippen molar-refractivity contribution in [1.82, 2.24) is 4.98 Å². The van der Waals surface area contributed by atoms with E-state index in [1.54, 1.807) is 24.5 Å². The highest BCUT2D eigenvalue weighted by Crippen LogP contribution is 2.26. The van der Waals surface area contributed by atoms with E-state index in [1.165, 1.54) is 12.1 Å². The summed E-state index contributed by atoms with van der Waals surface area (Å²) >= 11 is 0. The fourth-order valence-corrected chi connectivity index (χ4v) is 2.83. The van der Waals surface area contributed by atoms with Crippen LogP contribution in [0.2, 0.25) is 0 Å². The molecule has 0 unspecified atom stereocenters. The lowest BCUT2D eigenvalue weighted by atomic mass is 10.1. The van der Waals surface area contributed by atoms with Crippen LogP contribution in [0.5, 0.6) is 11.5 Å². The van der Waals surface area contributed by atoms with Crippen molar-refractivity contribution in [3.8, 4) is 22.6 Å². The lowest BCUT2D eigenvalue weighted by Crippen LogP contribution is -1.90. The van der Waals surface area contributed by atoms with Gasteiger partial charge in [0, 0.05) is 23.1 Å². The Morgan fingerprint density at radius 3 is 1.96 bits per heavy atom. The van der Waals surface area contributed by atoms with Gasteiger partial charge in [0.05, 0.1) is 4.90 Å². The third kappa shape index (κ3) is 3.88. The number of pyridine rings is 1. The molecule has 0 aliphatic heterocycles. The fourth-order valence-electron chi connectivity index (χ4n) is 2.06. The van der Waals surface area contributed by atoms with Crippen LogP contribution in [0.3, 0.4) is 0 Å². The van der Waals surface area contributed by atoms with Crippen molar-refractivity contribution in [2.24, 2.45) is 0 Å². The van der Waals surface area contributed by atoms with E-state index in [4.69, 9.17) is 15.4 Å². The van der Waals surface area contributed by atoms with E-state index >= 15 is 0 Å². The lowest BCUT2D eigenvalue weighted by Gasteiger charge is -2.07. The van der Waals surface area contributed by atoms with Gasteiger partial charge >= 0.3 is 0 Å². The van der Waals surface area contributed by atoms with Gasteiger partial charge in [-0.15, -0.1) is 0 Å². The molecule has 0 amide bonds. The number of hydrogen-bond donors (Lipinski definition) is 0. The zero-order valence-corrected chi connectivity index (χ0v) is 13.5. The molecule has 0 N–H and O–H groups in total. The van der Waals surface area contributed by atoms with Crippen LogP contribution in [-0.4, -0.2) is 13.4 Å². The Bertz CT molecular complexity index is 893. The Labute approximate surface area is 138 Å². The van der Waals surface area contributed by atoms with E-state index < -0.39 is 9.05 Å². The molecule has 3 aromatic rings. The van der Waals surface area contributed by atoms with Crippen LogP contribution in [0.15, 0.2) is 78.0 Å². The minimum Gasteiger partial charge on any atom is -0.457 e. The maximum atomic E-state index is 11.2. The molecule has 4 nitrogen and oxygen atoms in total. The molecule has 0 atom stereocenters. The van der Waals surface area contributed by atoms with Gasteiger partial charge in [0.15, 0.2) is 0 Å². The molecule has 0 radical (unpaired) electrons. The molecule has 1 heterocycles. The van der Waals surface area contributed by atoms with E-state index in [2.05, 4.69) is 4.98 Å². The zero-order valence-electron chi connectivity index (χ0n) is 11.9. The minimum absolute atomic E-state index is 0.0402. The van der Waals surface area contributed by atoms with Crippen LogP contribution in [0.1, 0.15) is 0 Å². The lowest BCUT2D eigenvalue weighted by molar-refractivity contribution is 0.482. The smallest absolute Gasteiger partial charge is 0.261 e. The fraction of sp³-hybridized carbons (Fsp3) is 0. The molecule has 6 heteroatoms. The number of nitrogens with zero attached hydrogens (tertiary/aromatic N) is 1. The van der Waals surface area contributed by atoms with Crippen molar-refractivity contribution in [2.45, 2.75) is 4.90 Å². The van der Waals surface area contributed by atoms with Crippen LogP contribution in [0.4, 0.5) is 0 Å². The second-order valence-electron chi connectivity index (χ2n) is 4.78. The van der Waals surface area contributed by atoms with Gasteiger partial charge in [-0.05, 0) is 53.6 Å². The molecule has 0 saturated heterocycles. The zero-order chi connectivity index (χ0) is 16.3. The Hall–Kier alpha value is -2.37. The molecule has 0 saturated carbocycles. The molecule has 2 aromatic carbocycles. The number of aromatic nitrogens is 1. The molecule has 0 spiro atoms. The normalized spacial score (nSPS) is 11.2. The maximum absolute atomic E-state index is 11.2. The standard InChI is InChI=1S/C17H12ClNO3S/c18-23(20,21)17-9-7-16(8-10-17)22-15-5-3-13(4-6-15)14-2-1-11-19-12-14/h1-12H. The van der Waals surface area contributed by atoms with Crippen molar-refractivity contribution in [3.05, 3.63) is 73.1 Å². The SMILES string of the molecule is O=S(=O)(Cl)c1ccc(Oc2ccc(-c3cccnc3)cc2)cc1. The molecule has 3 rings (SSSR count). The van der Waals surface area contributed by atoms with Crippen LogP contribution in [0, 0.1) is 0 Å². The Morgan fingerprint density at radius 1 is 0.826 bits per heavy atom.